The SMILES string of the molecule is O=C(Nc1nc(-c2cccc(Cl)c2)cs1)N1CCCCC1. The zero-order chi connectivity index (χ0) is 14.7. The highest BCUT2D eigenvalue weighted by Crippen LogP contribution is 2.27. The zero-order valence-corrected chi connectivity index (χ0v) is 13.1. The number of nitrogens with one attached hydrogen (secondary N) is 1. The number of benzene rings is 1. The van der Waals surface area contributed by atoms with Gasteiger partial charge < -0.3 is 4.90 Å². The van der Waals surface area contributed by atoms with Crippen molar-refractivity contribution in [2.24, 2.45) is 0 Å². The minimum atomic E-state index is -0.0540. The summed E-state index contributed by atoms with van der Waals surface area (Å²) in [4.78, 5) is 18.4. The number of carbonyl (C=O) groups excluding carboxylic acids is 1. The van der Waals surface area contributed by atoms with Gasteiger partial charge in [0.15, 0.2) is 5.13 Å². The van der Waals surface area contributed by atoms with Gasteiger partial charge in [-0.2, -0.15) is 0 Å². The molecule has 6 heteroatoms. The van der Waals surface area contributed by atoms with Crippen LogP contribution in [0, 0.1) is 0 Å². The molecule has 2 aromatic rings. The minimum absolute atomic E-state index is 0.0540. The third-order valence-electron chi connectivity index (χ3n) is 3.48. The van der Waals surface area contributed by atoms with E-state index in [1.54, 1.807) is 0 Å². The number of nitrogens with zero attached hydrogens (tertiary/aromatic N) is 2. The first-order valence-electron chi connectivity index (χ1n) is 7.00. The fourth-order valence-electron chi connectivity index (χ4n) is 2.38. The number of amides is 2. The van der Waals surface area contributed by atoms with Crippen LogP contribution in [0.1, 0.15) is 19.3 Å². The van der Waals surface area contributed by atoms with Crippen LogP contribution in [0.3, 0.4) is 0 Å². The lowest BCUT2D eigenvalue weighted by Crippen LogP contribution is -2.38. The fraction of sp³-hybridized carbons (Fsp3) is 0.333. The third-order valence-corrected chi connectivity index (χ3v) is 4.47. The van der Waals surface area contributed by atoms with Gasteiger partial charge in [-0.05, 0) is 31.4 Å². The summed E-state index contributed by atoms with van der Waals surface area (Å²) in [7, 11) is 0. The average molecular weight is 322 g/mol. The first-order chi connectivity index (χ1) is 10.2. The maximum Gasteiger partial charge on any atom is 0.323 e. The van der Waals surface area contributed by atoms with E-state index in [1.165, 1.54) is 17.8 Å². The summed E-state index contributed by atoms with van der Waals surface area (Å²) in [5.74, 6) is 0. The molecule has 1 aromatic heterocycles. The number of rotatable bonds is 2. The summed E-state index contributed by atoms with van der Waals surface area (Å²) in [6.07, 6.45) is 3.37. The summed E-state index contributed by atoms with van der Waals surface area (Å²) in [5.41, 5.74) is 1.79. The highest BCUT2D eigenvalue weighted by molar-refractivity contribution is 7.14. The van der Waals surface area contributed by atoms with Crippen LogP contribution in [0.25, 0.3) is 11.3 Å². The van der Waals surface area contributed by atoms with Crippen molar-refractivity contribution in [1.82, 2.24) is 9.88 Å². The summed E-state index contributed by atoms with van der Waals surface area (Å²) >= 11 is 7.42. The number of anilines is 1. The van der Waals surface area contributed by atoms with Crippen LogP contribution >= 0.6 is 22.9 Å². The summed E-state index contributed by atoms with van der Waals surface area (Å²) in [6.45, 7) is 1.66. The van der Waals surface area contributed by atoms with Crippen molar-refractivity contribution in [3.05, 3.63) is 34.7 Å². The fourth-order valence-corrected chi connectivity index (χ4v) is 3.28. The number of piperidine rings is 1. The lowest BCUT2D eigenvalue weighted by atomic mass is 10.1. The molecule has 2 amide bonds. The summed E-state index contributed by atoms with van der Waals surface area (Å²) in [6, 6.07) is 7.49. The van der Waals surface area contributed by atoms with Crippen LogP contribution in [-0.2, 0) is 0 Å². The Morgan fingerprint density at radius 1 is 1.29 bits per heavy atom. The first-order valence-corrected chi connectivity index (χ1v) is 8.25. The molecular weight excluding hydrogens is 306 g/mol. The standard InChI is InChI=1S/C15H16ClN3OS/c16-12-6-4-5-11(9-12)13-10-21-14(17-13)18-15(20)19-7-2-1-3-8-19/h4-6,9-10H,1-3,7-8H2,(H,17,18,20). The molecule has 1 aliphatic rings. The zero-order valence-electron chi connectivity index (χ0n) is 11.5. The van der Waals surface area contributed by atoms with Crippen molar-refractivity contribution in [3.63, 3.8) is 0 Å². The topological polar surface area (TPSA) is 45.2 Å². The number of aromatic nitrogens is 1. The number of thiazole rings is 1. The van der Waals surface area contributed by atoms with E-state index in [2.05, 4.69) is 10.3 Å². The van der Waals surface area contributed by atoms with E-state index in [4.69, 9.17) is 11.6 Å². The Hall–Kier alpha value is -1.59. The molecule has 0 atom stereocenters. The molecule has 0 aliphatic carbocycles. The van der Waals surface area contributed by atoms with Crippen molar-refractivity contribution in [1.29, 1.82) is 0 Å². The van der Waals surface area contributed by atoms with E-state index >= 15 is 0 Å². The Balaban J connectivity index is 1.69. The van der Waals surface area contributed by atoms with Crippen LogP contribution in [-0.4, -0.2) is 29.0 Å². The highest BCUT2D eigenvalue weighted by atomic mass is 35.5. The molecule has 0 saturated carbocycles. The number of urea groups is 1. The van der Waals surface area contributed by atoms with Gasteiger partial charge in [0.25, 0.3) is 0 Å². The van der Waals surface area contributed by atoms with Gasteiger partial charge in [-0.3, -0.25) is 5.32 Å². The van der Waals surface area contributed by atoms with Gasteiger partial charge in [0, 0.05) is 29.1 Å². The molecular formula is C15H16ClN3OS. The number of hydrogen-bond donors (Lipinski definition) is 1. The molecule has 1 aliphatic heterocycles. The van der Waals surface area contributed by atoms with Crippen LogP contribution in [0.5, 0.6) is 0 Å². The van der Waals surface area contributed by atoms with E-state index in [-0.39, 0.29) is 6.03 Å². The lowest BCUT2D eigenvalue weighted by Gasteiger charge is -2.26. The number of likely N-dealkylation sites (tertiary alicyclic amines) is 1. The van der Waals surface area contributed by atoms with Crippen molar-refractivity contribution < 1.29 is 4.79 Å². The van der Waals surface area contributed by atoms with Crippen molar-refractivity contribution in [3.8, 4) is 11.3 Å². The van der Waals surface area contributed by atoms with Crippen molar-refractivity contribution in [2.75, 3.05) is 18.4 Å². The quantitative estimate of drug-likeness (QED) is 0.886. The molecule has 4 nitrogen and oxygen atoms in total. The molecule has 0 unspecified atom stereocenters. The average Bonchev–Trinajstić information content (AvgIpc) is 2.97. The van der Waals surface area contributed by atoms with Crippen molar-refractivity contribution >= 4 is 34.1 Å². The molecule has 1 N–H and O–H groups in total. The predicted octanol–water partition coefficient (Wildman–Crippen LogP) is 4.48. The Bertz CT molecular complexity index is 637. The molecule has 1 saturated heterocycles. The van der Waals surface area contributed by atoms with Gasteiger partial charge in [0.1, 0.15) is 0 Å². The lowest BCUT2D eigenvalue weighted by molar-refractivity contribution is 0.200. The second-order valence-electron chi connectivity index (χ2n) is 5.03. The minimum Gasteiger partial charge on any atom is -0.324 e. The van der Waals surface area contributed by atoms with Crippen LogP contribution < -0.4 is 5.32 Å². The first kappa shape index (κ1) is 14.4. The van der Waals surface area contributed by atoms with E-state index in [0.717, 1.165) is 37.2 Å². The molecule has 2 heterocycles. The Labute approximate surface area is 132 Å². The van der Waals surface area contributed by atoms with E-state index in [1.807, 2.05) is 34.5 Å². The normalized spacial score (nSPS) is 15.0. The molecule has 3 rings (SSSR count). The molecule has 110 valence electrons. The molecule has 21 heavy (non-hydrogen) atoms. The van der Waals surface area contributed by atoms with E-state index < -0.39 is 0 Å². The Morgan fingerprint density at radius 3 is 2.86 bits per heavy atom. The third kappa shape index (κ3) is 3.54. The van der Waals surface area contributed by atoms with Gasteiger partial charge >= 0.3 is 6.03 Å². The number of halogens is 1. The van der Waals surface area contributed by atoms with Crippen molar-refractivity contribution in [2.45, 2.75) is 19.3 Å². The van der Waals surface area contributed by atoms with Crippen LogP contribution in [0.15, 0.2) is 29.6 Å². The second kappa shape index (κ2) is 6.45. The molecule has 1 fully saturated rings. The molecule has 0 radical (unpaired) electrons. The van der Waals surface area contributed by atoms with E-state index in [9.17, 15) is 4.79 Å². The number of carbonyl (C=O) groups is 1. The largest absolute Gasteiger partial charge is 0.324 e. The highest BCUT2D eigenvalue weighted by Gasteiger charge is 2.17. The second-order valence-corrected chi connectivity index (χ2v) is 6.32. The summed E-state index contributed by atoms with van der Waals surface area (Å²) < 4.78 is 0. The van der Waals surface area contributed by atoms with Gasteiger partial charge in [-0.1, -0.05) is 23.7 Å². The molecule has 0 spiro atoms. The predicted molar refractivity (Wildman–Crippen MR) is 87.0 cm³/mol. The molecule has 1 aromatic carbocycles. The maximum absolute atomic E-state index is 12.1. The van der Waals surface area contributed by atoms with Crippen LogP contribution in [0.2, 0.25) is 5.02 Å². The van der Waals surface area contributed by atoms with Gasteiger partial charge in [-0.15, -0.1) is 11.3 Å². The Morgan fingerprint density at radius 2 is 2.10 bits per heavy atom. The van der Waals surface area contributed by atoms with Gasteiger partial charge in [0.2, 0.25) is 0 Å². The smallest absolute Gasteiger partial charge is 0.323 e. The van der Waals surface area contributed by atoms with Gasteiger partial charge in [-0.25, -0.2) is 9.78 Å². The molecule has 0 bridgehead atoms. The number of hydrogen-bond acceptors (Lipinski definition) is 3. The van der Waals surface area contributed by atoms with E-state index in [0.29, 0.717) is 10.2 Å². The Kier molecular flexibility index (Phi) is 4.41. The monoisotopic (exact) mass is 321 g/mol. The van der Waals surface area contributed by atoms with Gasteiger partial charge in [0.05, 0.1) is 5.69 Å². The van der Waals surface area contributed by atoms with Crippen LogP contribution in [0.4, 0.5) is 9.93 Å². The summed E-state index contributed by atoms with van der Waals surface area (Å²) in [5, 5.41) is 6.11. The maximum atomic E-state index is 12.1.